The fourth-order valence-corrected chi connectivity index (χ4v) is 7.90. The normalized spacial score (nSPS) is 13.4. The predicted molar refractivity (Wildman–Crippen MR) is 161 cm³/mol. The number of carbonyl (C=O) groups excluding carboxylic acids is 1. The summed E-state index contributed by atoms with van der Waals surface area (Å²) in [5.74, 6) is -0.116. The Hall–Kier alpha value is -2.80. The minimum atomic E-state index is -3.84. The molecule has 0 radical (unpaired) electrons. The standard InChI is InChI=1S/C28H36N4O5S3/c1-4-7-22-19(10-13-26(40(29,36)37)23(22)8-5-2)11-14-27(33)31-28-30-24(18-38-28)20-9-12-25-21(17-20)15-16-32(25)39(34,35)6-3/h9-10,12-13,17-18H,4-8,11,14-16H2,1-3H3,(H2,29,36,37)(H,30,31,33). The first-order valence-corrected chi connectivity index (χ1v) is 17.6. The van der Waals surface area contributed by atoms with Crippen LogP contribution in [0, 0.1) is 0 Å². The number of aryl methyl sites for hydroxylation is 1. The number of nitrogens with one attached hydrogen (secondary N) is 1. The van der Waals surface area contributed by atoms with Gasteiger partial charge in [0.25, 0.3) is 0 Å². The Morgan fingerprint density at radius 3 is 2.42 bits per heavy atom. The van der Waals surface area contributed by atoms with Crippen LogP contribution in [0.3, 0.4) is 0 Å². The molecule has 0 spiro atoms. The van der Waals surface area contributed by atoms with E-state index in [9.17, 15) is 21.6 Å². The number of rotatable bonds is 12. The molecule has 2 heterocycles. The number of hydrogen-bond donors (Lipinski definition) is 2. The van der Waals surface area contributed by atoms with E-state index in [2.05, 4.69) is 10.3 Å². The van der Waals surface area contributed by atoms with Crippen LogP contribution < -0.4 is 14.8 Å². The zero-order valence-electron chi connectivity index (χ0n) is 23.1. The SMILES string of the molecule is CCCc1c(CCC(=O)Nc2nc(-c3ccc4c(c3)CCN4S(=O)(=O)CC)cs2)ccc(S(N)(=O)=O)c1CCC. The molecule has 0 aliphatic carbocycles. The van der Waals surface area contributed by atoms with Gasteiger partial charge in [0.1, 0.15) is 0 Å². The quantitative estimate of drug-likeness (QED) is 0.309. The summed E-state index contributed by atoms with van der Waals surface area (Å²) in [7, 11) is -7.14. The Labute approximate surface area is 240 Å². The monoisotopic (exact) mass is 604 g/mol. The van der Waals surface area contributed by atoms with Crippen LogP contribution in [0.5, 0.6) is 0 Å². The van der Waals surface area contributed by atoms with E-state index >= 15 is 0 Å². The molecule has 1 aliphatic heterocycles. The van der Waals surface area contributed by atoms with Crippen molar-refractivity contribution >= 4 is 48.1 Å². The molecule has 0 saturated carbocycles. The van der Waals surface area contributed by atoms with E-state index in [0.717, 1.165) is 46.3 Å². The van der Waals surface area contributed by atoms with E-state index in [1.165, 1.54) is 15.6 Å². The molecule has 40 heavy (non-hydrogen) atoms. The van der Waals surface area contributed by atoms with Gasteiger partial charge < -0.3 is 5.32 Å². The highest BCUT2D eigenvalue weighted by molar-refractivity contribution is 7.92. The average Bonchev–Trinajstić information content (AvgIpc) is 3.55. The van der Waals surface area contributed by atoms with Crippen LogP contribution in [0.4, 0.5) is 10.8 Å². The van der Waals surface area contributed by atoms with Crippen LogP contribution in [-0.2, 0) is 50.5 Å². The van der Waals surface area contributed by atoms with Crippen LogP contribution in [-0.4, -0.2) is 40.0 Å². The van der Waals surface area contributed by atoms with Crippen LogP contribution in [0.2, 0.25) is 0 Å². The van der Waals surface area contributed by atoms with Crippen LogP contribution in [0.1, 0.15) is 62.3 Å². The number of aromatic nitrogens is 1. The van der Waals surface area contributed by atoms with Crippen molar-refractivity contribution in [2.45, 2.75) is 70.6 Å². The molecule has 0 bridgehead atoms. The second-order valence-corrected chi connectivity index (χ2v) is 14.4. The van der Waals surface area contributed by atoms with E-state index < -0.39 is 20.0 Å². The van der Waals surface area contributed by atoms with Crippen molar-refractivity contribution in [3.05, 3.63) is 58.0 Å². The Morgan fingerprint density at radius 2 is 1.75 bits per heavy atom. The lowest BCUT2D eigenvalue weighted by molar-refractivity contribution is -0.116. The highest BCUT2D eigenvalue weighted by atomic mass is 32.2. The number of nitrogens with zero attached hydrogens (tertiary/aromatic N) is 2. The molecule has 12 heteroatoms. The number of benzene rings is 2. The Balaban J connectivity index is 1.45. The first kappa shape index (κ1) is 30.2. The van der Waals surface area contributed by atoms with Crippen molar-refractivity contribution in [2.24, 2.45) is 5.14 Å². The van der Waals surface area contributed by atoms with Crippen LogP contribution in [0.15, 0.2) is 40.6 Å². The largest absolute Gasteiger partial charge is 0.302 e. The average molecular weight is 605 g/mol. The zero-order valence-corrected chi connectivity index (χ0v) is 25.5. The van der Waals surface area contributed by atoms with Gasteiger partial charge in [0, 0.05) is 23.9 Å². The second-order valence-electron chi connectivity index (χ2n) is 9.88. The molecule has 0 fully saturated rings. The molecule has 1 aromatic heterocycles. The zero-order chi connectivity index (χ0) is 29.1. The van der Waals surface area contributed by atoms with E-state index in [4.69, 9.17) is 5.14 Å². The van der Waals surface area contributed by atoms with Gasteiger partial charge in [-0.15, -0.1) is 11.3 Å². The molecule has 4 rings (SSSR count). The number of carbonyl (C=O) groups is 1. The summed E-state index contributed by atoms with van der Waals surface area (Å²) in [4.78, 5) is 17.6. The highest BCUT2D eigenvalue weighted by Crippen LogP contribution is 2.35. The fourth-order valence-electron chi connectivity index (χ4n) is 5.18. The third kappa shape index (κ3) is 6.56. The summed E-state index contributed by atoms with van der Waals surface area (Å²) in [6.07, 6.45) is 4.31. The lowest BCUT2D eigenvalue weighted by Crippen LogP contribution is -2.30. The third-order valence-electron chi connectivity index (χ3n) is 7.09. The number of nitrogens with two attached hydrogens (primary N) is 1. The molecule has 1 aliphatic rings. The maximum absolute atomic E-state index is 12.8. The van der Waals surface area contributed by atoms with Gasteiger partial charge in [-0.3, -0.25) is 9.10 Å². The van der Waals surface area contributed by atoms with E-state index in [0.29, 0.717) is 43.1 Å². The van der Waals surface area contributed by atoms with E-state index in [-0.39, 0.29) is 23.0 Å². The smallest absolute Gasteiger partial charge is 0.238 e. The summed E-state index contributed by atoms with van der Waals surface area (Å²) in [5.41, 5.74) is 5.97. The second kappa shape index (κ2) is 12.4. The number of hydrogen-bond acceptors (Lipinski definition) is 7. The van der Waals surface area contributed by atoms with Gasteiger partial charge in [0.05, 0.1) is 22.0 Å². The molecule has 0 saturated heterocycles. The molecule has 1 amide bonds. The topological polar surface area (TPSA) is 140 Å². The predicted octanol–water partition coefficient (Wildman–Crippen LogP) is 4.65. The molecule has 3 aromatic rings. The highest BCUT2D eigenvalue weighted by Gasteiger charge is 2.28. The molecular formula is C28H36N4O5S3. The van der Waals surface area contributed by atoms with Gasteiger partial charge in [-0.05, 0) is 73.1 Å². The molecule has 2 aromatic carbocycles. The summed E-state index contributed by atoms with van der Waals surface area (Å²) in [6.45, 7) is 6.13. The van der Waals surface area contributed by atoms with Gasteiger partial charge in [0.2, 0.25) is 26.0 Å². The molecule has 0 unspecified atom stereocenters. The number of fused-ring (bicyclic) bond motifs is 1. The fraction of sp³-hybridized carbons (Fsp3) is 0.429. The summed E-state index contributed by atoms with van der Waals surface area (Å²) < 4.78 is 50.6. The van der Waals surface area contributed by atoms with E-state index in [1.54, 1.807) is 19.1 Å². The maximum Gasteiger partial charge on any atom is 0.238 e. The lowest BCUT2D eigenvalue weighted by Gasteiger charge is -2.18. The van der Waals surface area contributed by atoms with Crippen molar-refractivity contribution in [3.8, 4) is 11.3 Å². The van der Waals surface area contributed by atoms with Gasteiger partial charge in [0.15, 0.2) is 5.13 Å². The first-order chi connectivity index (χ1) is 19.0. The summed E-state index contributed by atoms with van der Waals surface area (Å²) in [6, 6.07) is 8.99. The van der Waals surface area contributed by atoms with Crippen molar-refractivity contribution in [2.75, 3.05) is 21.9 Å². The number of anilines is 2. The molecular weight excluding hydrogens is 569 g/mol. The van der Waals surface area contributed by atoms with Gasteiger partial charge in [-0.1, -0.05) is 38.8 Å². The van der Waals surface area contributed by atoms with Crippen molar-refractivity contribution in [1.29, 1.82) is 0 Å². The van der Waals surface area contributed by atoms with E-state index in [1.807, 2.05) is 37.4 Å². The number of sulfonamides is 2. The van der Waals surface area contributed by atoms with Crippen molar-refractivity contribution < 1.29 is 21.6 Å². The minimum Gasteiger partial charge on any atom is -0.302 e. The molecule has 3 N–H and O–H groups in total. The Bertz CT molecular complexity index is 1610. The van der Waals surface area contributed by atoms with Gasteiger partial charge >= 0.3 is 0 Å². The number of primary sulfonamides is 1. The minimum absolute atomic E-state index is 0.0596. The van der Waals surface area contributed by atoms with Crippen LogP contribution >= 0.6 is 11.3 Å². The molecule has 216 valence electrons. The van der Waals surface area contributed by atoms with Crippen LogP contribution in [0.25, 0.3) is 11.3 Å². The van der Waals surface area contributed by atoms with Gasteiger partial charge in [-0.25, -0.2) is 27.0 Å². The summed E-state index contributed by atoms with van der Waals surface area (Å²) in [5, 5.41) is 10.7. The Kier molecular flexibility index (Phi) is 9.33. The molecule has 9 nitrogen and oxygen atoms in total. The summed E-state index contributed by atoms with van der Waals surface area (Å²) >= 11 is 1.33. The first-order valence-electron chi connectivity index (χ1n) is 13.5. The number of thiazole rings is 1. The van der Waals surface area contributed by atoms with Gasteiger partial charge in [-0.2, -0.15) is 0 Å². The third-order valence-corrected chi connectivity index (χ3v) is 10.6. The van der Waals surface area contributed by atoms with Crippen molar-refractivity contribution in [1.82, 2.24) is 4.98 Å². The lowest BCUT2D eigenvalue weighted by atomic mass is 9.92. The maximum atomic E-state index is 12.8. The number of amides is 1. The Morgan fingerprint density at radius 1 is 1.02 bits per heavy atom. The molecule has 0 atom stereocenters. The van der Waals surface area contributed by atoms with Crippen molar-refractivity contribution in [3.63, 3.8) is 0 Å².